The van der Waals surface area contributed by atoms with Crippen LogP contribution in [0.3, 0.4) is 0 Å². The molecule has 0 radical (unpaired) electrons. The van der Waals surface area contributed by atoms with Crippen LogP contribution in [0.4, 0.5) is 14.5 Å². The molecule has 0 bridgehead atoms. The molecule has 1 atom stereocenters. The van der Waals surface area contributed by atoms with Gasteiger partial charge >= 0.3 is 5.97 Å². The van der Waals surface area contributed by atoms with Gasteiger partial charge < -0.3 is 19.5 Å². The van der Waals surface area contributed by atoms with Crippen LogP contribution in [0.2, 0.25) is 0 Å². The summed E-state index contributed by atoms with van der Waals surface area (Å²) in [5.41, 5.74) is 0.324. The largest absolute Gasteiger partial charge is 0.491 e. The average molecular weight is 311 g/mol. The molecule has 118 valence electrons. The van der Waals surface area contributed by atoms with Crippen LogP contribution in [0.25, 0.3) is 0 Å². The number of carbonyl (C=O) groups excluding carboxylic acids is 1. The summed E-state index contributed by atoms with van der Waals surface area (Å²) in [7, 11) is 2.42. The second kappa shape index (κ2) is 5.24. The summed E-state index contributed by atoms with van der Waals surface area (Å²) >= 11 is 0. The maximum atomic E-state index is 14.0. The van der Waals surface area contributed by atoms with Gasteiger partial charge in [0.15, 0.2) is 11.6 Å². The van der Waals surface area contributed by atoms with Gasteiger partial charge in [-0.3, -0.25) is 0 Å². The minimum absolute atomic E-state index is 0.0186. The van der Waals surface area contributed by atoms with Crippen LogP contribution >= 0.6 is 0 Å². The van der Waals surface area contributed by atoms with Gasteiger partial charge in [-0.15, -0.1) is 0 Å². The van der Waals surface area contributed by atoms with E-state index < -0.39 is 23.7 Å². The average Bonchev–Trinajstić information content (AvgIpc) is 3.34. The highest BCUT2D eigenvalue weighted by atomic mass is 19.2. The van der Waals surface area contributed by atoms with Crippen molar-refractivity contribution in [1.82, 2.24) is 0 Å². The van der Waals surface area contributed by atoms with Gasteiger partial charge in [0.1, 0.15) is 6.10 Å². The summed E-state index contributed by atoms with van der Waals surface area (Å²) in [5, 5.41) is 10.3. The van der Waals surface area contributed by atoms with Crippen molar-refractivity contribution in [2.45, 2.75) is 25.0 Å². The highest BCUT2D eigenvalue weighted by Crippen LogP contribution is 2.48. The number of carbonyl (C=O) groups is 1. The Hall–Kier alpha value is -2.15. The third-order valence-electron chi connectivity index (χ3n) is 3.87. The smallest absolute Gasteiger partial charge is 0.338 e. The Balaban J connectivity index is 2.21. The lowest BCUT2D eigenvalue weighted by Gasteiger charge is -2.33. The summed E-state index contributed by atoms with van der Waals surface area (Å²) in [4.78, 5) is 13.5. The van der Waals surface area contributed by atoms with E-state index in [1.807, 2.05) is 0 Å². The number of halogens is 2. The van der Waals surface area contributed by atoms with E-state index in [1.165, 1.54) is 20.4 Å². The van der Waals surface area contributed by atoms with Gasteiger partial charge in [0.2, 0.25) is 5.82 Å². The van der Waals surface area contributed by atoms with Crippen molar-refractivity contribution in [1.29, 1.82) is 0 Å². The predicted octanol–water partition coefficient (Wildman–Crippen LogP) is 2.05. The van der Waals surface area contributed by atoms with Gasteiger partial charge in [0.05, 0.1) is 25.5 Å². The number of nitrogens with zero attached hydrogens (tertiary/aromatic N) is 1. The molecule has 1 aromatic rings. The Labute approximate surface area is 125 Å². The molecule has 1 fully saturated rings. The lowest BCUT2D eigenvalue weighted by molar-refractivity contribution is -0.137. The van der Waals surface area contributed by atoms with Crippen LogP contribution in [-0.4, -0.2) is 31.3 Å². The molecule has 22 heavy (non-hydrogen) atoms. The van der Waals surface area contributed by atoms with Crippen LogP contribution < -0.4 is 9.64 Å². The Bertz CT molecular complexity index is 670. The van der Waals surface area contributed by atoms with Crippen LogP contribution in [0.15, 0.2) is 17.8 Å². The fraction of sp³-hybridized carbons (Fsp3) is 0.400. The molecule has 1 saturated carbocycles. The number of rotatable bonds is 3. The van der Waals surface area contributed by atoms with Crippen molar-refractivity contribution in [2.75, 3.05) is 19.1 Å². The van der Waals surface area contributed by atoms with Crippen LogP contribution in [0, 0.1) is 11.6 Å². The first-order valence-electron chi connectivity index (χ1n) is 6.81. The molecule has 0 amide bonds. The van der Waals surface area contributed by atoms with E-state index in [4.69, 9.17) is 4.74 Å². The minimum Gasteiger partial charge on any atom is -0.491 e. The van der Waals surface area contributed by atoms with Gasteiger partial charge in [0, 0.05) is 17.8 Å². The molecule has 5 nitrogen and oxygen atoms in total. The number of anilines is 1. The first kappa shape index (κ1) is 14.8. The van der Waals surface area contributed by atoms with Gasteiger partial charge in [-0.2, -0.15) is 4.39 Å². The molecule has 1 aliphatic carbocycles. The summed E-state index contributed by atoms with van der Waals surface area (Å²) in [5.74, 6) is -3.25. The fourth-order valence-electron chi connectivity index (χ4n) is 2.65. The lowest BCUT2D eigenvalue weighted by Crippen LogP contribution is -2.30. The molecule has 3 rings (SSSR count). The number of ether oxygens (including phenoxy) is 2. The minimum atomic E-state index is -1.40. The second-order valence-corrected chi connectivity index (χ2v) is 5.26. The summed E-state index contributed by atoms with van der Waals surface area (Å²) < 4.78 is 37.4. The van der Waals surface area contributed by atoms with E-state index in [1.54, 1.807) is 4.90 Å². The first-order valence-corrected chi connectivity index (χ1v) is 6.81. The van der Waals surface area contributed by atoms with E-state index in [-0.39, 0.29) is 28.6 Å². The Morgan fingerprint density at radius 1 is 1.36 bits per heavy atom. The number of fused-ring (bicyclic) bond motifs is 1. The van der Waals surface area contributed by atoms with Gasteiger partial charge in [-0.25, -0.2) is 9.18 Å². The molecule has 1 heterocycles. The zero-order chi connectivity index (χ0) is 16.0. The van der Waals surface area contributed by atoms with Gasteiger partial charge in [-0.05, 0) is 18.9 Å². The monoisotopic (exact) mass is 311 g/mol. The number of hydrogen-bond donors (Lipinski definition) is 1. The molecule has 1 aliphatic heterocycles. The highest BCUT2D eigenvalue weighted by Gasteiger charge is 2.40. The topological polar surface area (TPSA) is 59.0 Å². The number of aliphatic hydroxyl groups is 1. The summed E-state index contributed by atoms with van der Waals surface area (Å²) in [6.45, 7) is 0. The van der Waals surface area contributed by atoms with Crippen LogP contribution in [0.1, 0.15) is 24.5 Å². The molecule has 0 saturated heterocycles. The van der Waals surface area contributed by atoms with E-state index in [0.29, 0.717) is 0 Å². The molecule has 1 unspecified atom stereocenters. The number of aliphatic hydroxyl groups excluding tert-OH is 1. The summed E-state index contributed by atoms with van der Waals surface area (Å²) in [6.07, 6.45) is 1.73. The van der Waals surface area contributed by atoms with E-state index >= 15 is 0 Å². The Kier molecular flexibility index (Phi) is 3.52. The van der Waals surface area contributed by atoms with Crippen molar-refractivity contribution in [2.24, 2.45) is 0 Å². The molecule has 0 spiro atoms. The summed E-state index contributed by atoms with van der Waals surface area (Å²) in [6, 6.07) is 0.952. The second-order valence-electron chi connectivity index (χ2n) is 5.26. The number of hydrogen-bond acceptors (Lipinski definition) is 5. The third kappa shape index (κ3) is 2.12. The maximum Gasteiger partial charge on any atom is 0.338 e. The normalized spacial score (nSPS) is 20.3. The van der Waals surface area contributed by atoms with Crippen molar-refractivity contribution < 1.29 is 28.2 Å². The van der Waals surface area contributed by atoms with E-state index in [0.717, 1.165) is 18.9 Å². The first-order chi connectivity index (χ1) is 10.5. The van der Waals surface area contributed by atoms with Gasteiger partial charge in [0.25, 0.3) is 0 Å². The molecule has 1 aromatic carbocycles. The zero-order valence-electron chi connectivity index (χ0n) is 12.1. The van der Waals surface area contributed by atoms with Crippen molar-refractivity contribution in [3.05, 3.63) is 35.0 Å². The van der Waals surface area contributed by atoms with Crippen LogP contribution in [0.5, 0.6) is 5.75 Å². The Morgan fingerprint density at radius 3 is 2.59 bits per heavy atom. The number of methoxy groups -OCH3 is 2. The number of esters is 1. The zero-order valence-corrected chi connectivity index (χ0v) is 12.1. The predicted molar refractivity (Wildman–Crippen MR) is 73.5 cm³/mol. The highest BCUT2D eigenvalue weighted by molar-refractivity contribution is 5.92. The number of benzene rings is 1. The van der Waals surface area contributed by atoms with E-state index in [9.17, 15) is 18.7 Å². The van der Waals surface area contributed by atoms with Gasteiger partial charge in [-0.1, -0.05) is 0 Å². The van der Waals surface area contributed by atoms with E-state index in [2.05, 4.69) is 4.74 Å². The molecule has 7 heteroatoms. The van der Waals surface area contributed by atoms with Crippen molar-refractivity contribution in [3.63, 3.8) is 0 Å². The SMILES string of the molecule is COC(=O)C1=CN(C2CC2)c2c(cc(F)c(F)c2OC)C1O. The van der Waals surface area contributed by atoms with Crippen molar-refractivity contribution in [3.8, 4) is 5.75 Å². The third-order valence-corrected chi connectivity index (χ3v) is 3.87. The molecular formula is C15H15F2NO4. The maximum absolute atomic E-state index is 14.0. The lowest BCUT2D eigenvalue weighted by atomic mass is 9.95. The molecule has 1 N–H and O–H groups in total. The fourth-order valence-corrected chi connectivity index (χ4v) is 2.65. The standard InChI is InChI=1S/C15H15F2NO4/c1-21-14-11(17)10(16)5-8-12(14)18(7-3-4-7)6-9(13(8)19)15(20)22-2/h5-7,13,19H,3-4H2,1-2H3. The van der Waals surface area contributed by atoms with Crippen molar-refractivity contribution >= 4 is 11.7 Å². The Morgan fingerprint density at radius 2 is 2.05 bits per heavy atom. The van der Waals surface area contributed by atoms with Crippen LogP contribution in [-0.2, 0) is 9.53 Å². The molecule has 0 aromatic heterocycles. The molecule has 2 aliphatic rings. The quantitative estimate of drug-likeness (QED) is 0.866. The molecular weight excluding hydrogens is 296 g/mol.